The first-order valence-electron chi connectivity index (χ1n) is 9.07. The fourth-order valence-electron chi connectivity index (χ4n) is 5.02. The lowest BCUT2D eigenvalue weighted by molar-refractivity contribution is -0.113. The Morgan fingerprint density at radius 2 is 2.09 bits per heavy atom. The van der Waals surface area contributed by atoms with Crippen molar-refractivity contribution in [2.75, 3.05) is 6.54 Å². The molecule has 1 saturated carbocycles. The second-order valence-corrected chi connectivity index (χ2v) is 7.69. The van der Waals surface area contributed by atoms with Gasteiger partial charge in [-0.1, -0.05) is 19.1 Å². The third-order valence-corrected chi connectivity index (χ3v) is 6.26. The van der Waals surface area contributed by atoms with E-state index in [2.05, 4.69) is 29.3 Å². The maximum Gasteiger partial charge on any atom is 0.151 e. The first-order valence-corrected chi connectivity index (χ1v) is 9.07. The summed E-state index contributed by atoms with van der Waals surface area (Å²) in [7, 11) is 0. The number of halogens is 1. The van der Waals surface area contributed by atoms with E-state index in [4.69, 9.17) is 5.73 Å². The summed E-state index contributed by atoms with van der Waals surface area (Å²) >= 11 is 0. The lowest BCUT2D eigenvalue weighted by atomic mass is 9.73. The van der Waals surface area contributed by atoms with Crippen molar-refractivity contribution in [1.29, 1.82) is 0 Å². The van der Waals surface area contributed by atoms with E-state index in [0.717, 1.165) is 32.1 Å². The molecule has 0 radical (unpaired) electrons. The highest BCUT2D eigenvalue weighted by molar-refractivity contribution is 5.57. The molecule has 5 heteroatoms. The van der Waals surface area contributed by atoms with Crippen molar-refractivity contribution in [3.63, 3.8) is 0 Å². The second kappa shape index (κ2) is 6.99. The summed E-state index contributed by atoms with van der Waals surface area (Å²) in [6.45, 7) is 5.13. The molecule has 2 fully saturated rings. The number of carbonyl (C=O) groups is 1. The highest BCUT2D eigenvalue weighted by atomic mass is 19.1. The molecule has 0 aromatic heterocycles. The van der Waals surface area contributed by atoms with Gasteiger partial charge in [0.15, 0.2) is 6.29 Å². The molecule has 0 amide bonds. The van der Waals surface area contributed by atoms with Crippen LogP contribution < -0.4 is 11.1 Å². The van der Waals surface area contributed by atoms with Crippen molar-refractivity contribution in [2.24, 2.45) is 23.5 Å². The maximum atomic E-state index is 13.8. The Labute approximate surface area is 138 Å². The maximum absolute atomic E-state index is 13.8. The molecule has 1 saturated heterocycles. The number of nitrogens with zero attached hydrogens (tertiary/aromatic N) is 1. The number of hydrogen-bond donors (Lipinski definition) is 2. The van der Waals surface area contributed by atoms with Crippen LogP contribution in [0.4, 0.5) is 4.39 Å². The summed E-state index contributed by atoms with van der Waals surface area (Å²) in [6.07, 6.45) is 7.73. The van der Waals surface area contributed by atoms with Gasteiger partial charge in [0.05, 0.1) is 0 Å². The number of nitrogens with two attached hydrogens (primary N) is 1. The number of rotatable bonds is 4. The first kappa shape index (κ1) is 17.1. The Morgan fingerprint density at radius 3 is 2.78 bits per heavy atom. The summed E-state index contributed by atoms with van der Waals surface area (Å²) in [5.41, 5.74) is 6.04. The summed E-state index contributed by atoms with van der Waals surface area (Å²) in [6, 6.07) is 0.816. The quantitative estimate of drug-likeness (QED) is 0.612. The average Bonchev–Trinajstić information content (AvgIpc) is 3.15. The summed E-state index contributed by atoms with van der Waals surface area (Å²) in [5, 5.41) is 3.67. The Morgan fingerprint density at radius 1 is 1.30 bits per heavy atom. The van der Waals surface area contributed by atoms with Crippen molar-refractivity contribution < 1.29 is 9.18 Å². The first-order chi connectivity index (χ1) is 11.0. The molecule has 3 N–H and O–H groups in total. The van der Waals surface area contributed by atoms with Gasteiger partial charge in [-0.3, -0.25) is 4.90 Å². The summed E-state index contributed by atoms with van der Waals surface area (Å²) in [5.74, 6) is 1.14. The Bertz CT molecular complexity index is 458. The summed E-state index contributed by atoms with van der Waals surface area (Å²) in [4.78, 5) is 13.3. The molecule has 2 heterocycles. The molecule has 3 aliphatic rings. The molecule has 4 nitrogen and oxygen atoms in total. The molecular formula is C18H30FN3O. The van der Waals surface area contributed by atoms with Gasteiger partial charge in [-0.25, -0.2) is 4.39 Å². The lowest BCUT2D eigenvalue weighted by Crippen LogP contribution is -2.54. The Balaban J connectivity index is 1.73. The van der Waals surface area contributed by atoms with Crippen LogP contribution in [0.3, 0.4) is 0 Å². The molecule has 0 aromatic rings. The highest BCUT2D eigenvalue weighted by Gasteiger charge is 2.44. The van der Waals surface area contributed by atoms with Gasteiger partial charge in [0.25, 0.3) is 0 Å². The van der Waals surface area contributed by atoms with Gasteiger partial charge >= 0.3 is 0 Å². The van der Waals surface area contributed by atoms with Crippen LogP contribution in [0.5, 0.6) is 0 Å². The van der Waals surface area contributed by atoms with Crippen LogP contribution in [0.15, 0.2) is 12.2 Å². The average molecular weight is 323 g/mol. The fraction of sp³-hybridized carbons (Fsp3) is 0.833. The zero-order chi connectivity index (χ0) is 16.6. The number of carbonyl (C=O) groups excluding carboxylic acids is 1. The topological polar surface area (TPSA) is 58.4 Å². The molecule has 0 bridgehead atoms. The van der Waals surface area contributed by atoms with E-state index >= 15 is 0 Å². The van der Waals surface area contributed by atoms with E-state index in [1.54, 1.807) is 0 Å². The van der Waals surface area contributed by atoms with E-state index in [1.807, 2.05) is 6.92 Å². The Hall–Kier alpha value is -0.780. The van der Waals surface area contributed by atoms with Gasteiger partial charge < -0.3 is 15.8 Å². The monoisotopic (exact) mass is 323 g/mol. The van der Waals surface area contributed by atoms with Gasteiger partial charge in [-0.2, -0.15) is 0 Å². The van der Waals surface area contributed by atoms with Gasteiger partial charge in [-0.05, 0) is 56.9 Å². The van der Waals surface area contributed by atoms with E-state index < -0.39 is 12.3 Å². The molecule has 1 aliphatic carbocycles. The third-order valence-electron chi connectivity index (χ3n) is 6.26. The predicted octanol–water partition coefficient (Wildman–Crippen LogP) is 1.85. The smallest absolute Gasteiger partial charge is 0.151 e. The number of hydrogen-bond acceptors (Lipinski definition) is 4. The van der Waals surface area contributed by atoms with Crippen molar-refractivity contribution in [3.8, 4) is 0 Å². The van der Waals surface area contributed by atoms with E-state index in [0.29, 0.717) is 24.3 Å². The number of aldehydes is 1. The predicted molar refractivity (Wildman–Crippen MR) is 89.6 cm³/mol. The van der Waals surface area contributed by atoms with Crippen molar-refractivity contribution in [3.05, 3.63) is 12.2 Å². The zero-order valence-electron chi connectivity index (χ0n) is 14.2. The van der Waals surface area contributed by atoms with E-state index in [-0.39, 0.29) is 18.0 Å². The number of alkyl halides is 1. The van der Waals surface area contributed by atoms with E-state index in [9.17, 15) is 9.18 Å². The molecule has 3 rings (SSSR count). The molecule has 0 aromatic carbocycles. The lowest BCUT2D eigenvalue weighted by Gasteiger charge is -2.41. The van der Waals surface area contributed by atoms with Gasteiger partial charge in [0.1, 0.15) is 12.3 Å². The van der Waals surface area contributed by atoms with Crippen LogP contribution >= 0.6 is 0 Å². The molecule has 8 atom stereocenters. The number of nitrogens with one attached hydrogen (secondary N) is 1. The largest absolute Gasteiger partial charge is 0.313 e. The minimum atomic E-state index is -0.641. The molecule has 0 spiro atoms. The summed E-state index contributed by atoms with van der Waals surface area (Å²) < 4.78 is 13.8. The van der Waals surface area contributed by atoms with Crippen molar-refractivity contribution in [2.45, 2.75) is 70.0 Å². The van der Waals surface area contributed by atoms with E-state index in [1.165, 1.54) is 0 Å². The third kappa shape index (κ3) is 3.24. The standard InChI is InChI=1S/C18H30FN3O/c1-11-9-13(4-5-15(11)19)18-14(7-8-21-18)16-6-3-12(2)22(16)17(20)10-23/h3,6,10-18,21H,4-5,7-9,20H2,1-2H3. The minimum Gasteiger partial charge on any atom is -0.313 e. The zero-order valence-corrected chi connectivity index (χ0v) is 14.2. The minimum absolute atomic E-state index is 0.156. The molecule has 2 aliphatic heterocycles. The van der Waals surface area contributed by atoms with Crippen LogP contribution in [0.1, 0.15) is 39.5 Å². The highest BCUT2D eigenvalue weighted by Crippen LogP contribution is 2.40. The molecule has 130 valence electrons. The van der Waals surface area contributed by atoms with Crippen LogP contribution in [0.25, 0.3) is 0 Å². The van der Waals surface area contributed by atoms with Crippen molar-refractivity contribution >= 4 is 6.29 Å². The molecular weight excluding hydrogens is 293 g/mol. The Kier molecular flexibility index (Phi) is 5.19. The van der Waals surface area contributed by atoms with Crippen LogP contribution in [0.2, 0.25) is 0 Å². The van der Waals surface area contributed by atoms with Gasteiger partial charge in [0.2, 0.25) is 0 Å². The SMILES string of the molecule is CC1CC(C2NCCC2C2C=CC(C)N2C(N)C=O)CCC1F. The van der Waals surface area contributed by atoms with Crippen LogP contribution in [-0.2, 0) is 4.79 Å². The van der Waals surface area contributed by atoms with Crippen LogP contribution in [0, 0.1) is 17.8 Å². The fourth-order valence-corrected chi connectivity index (χ4v) is 5.02. The molecule has 23 heavy (non-hydrogen) atoms. The van der Waals surface area contributed by atoms with Crippen molar-refractivity contribution in [1.82, 2.24) is 10.2 Å². The molecule has 8 unspecified atom stereocenters. The van der Waals surface area contributed by atoms with Crippen LogP contribution in [-0.4, -0.2) is 48.2 Å². The van der Waals surface area contributed by atoms with Gasteiger partial charge in [0, 0.05) is 18.1 Å². The normalized spacial score (nSPS) is 46.2. The van der Waals surface area contributed by atoms with Gasteiger partial charge in [-0.15, -0.1) is 0 Å². The second-order valence-electron chi connectivity index (χ2n) is 7.69.